The number of carbonyl (C=O) groups is 1. The summed E-state index contributed by atoms with van der Waals surface area (Å²) in [6.45, 7) is 2.07. The van der Waals surface area contributed by atoms with Gasteiger partial charge in [0.25, 0.3) is 0 Å². The molecule has 0 spiro atoms. The highest BCUT2D eigenvalue weighted by Gasteiger charge is 2.42. The summed E-state index contributed by atoms with van der Waals surface area (Å²) in [4.78, 5) is 14.3. The molecule has 0 aromatic rings. The molecule has 1 amide bonds. The van der Waals surface area contributed by atoms with Crippen LogP contribution in [0.2, 0.25) is 0 Å². The fourth-order valence-corrected chi connectivity index (χ4v) is 3.13. The van der Waals surface area contributed by atoms with Crippen molar-refractivity contribution >= 4 is 17.7 Å². The monoisotopic (exact) mass is 268 g/mol. The topological polar surface area (TPSA) is 44.1 Å². The normalized spacial score (nSPS) is 19.9. The molecule has 0 heterocycles. The van der Waals surface area contributed by atoms with Gasteiger partial charge in [-0.05, 0) is 38.2 Å². The lowest BCUT2D eigenvalue weighted by molar-refractivity contribution is -0.141. The van der Waals surface area contributed by atoms with Gasteiger partial charge in [-0.2, -0.15) is 17.0 Å². The zero-order chi connectivity index (χ0) is 13.6. The number of thioether (sulfide) groups is 1. The molecule has 0 saturated heterocycles. The summed E-state index contributed by atoms with van der Waals surface area (Å²) in [6, 6.07) is 2.53. The average Bonchev–Trinajstić information content (AvgIpc) is 2.43. The molecule has 0 aliphatic heterocycles. The van der Waals surface area contributed by atoms with E-state index in [2.05, 4.69) is 19.2 Å². The third kappa shape index (κ3) is 3.41. The molecule has 102 valence electrons. The van der Waals surface area contributed by atoms with Gasteiger partial charge in [-0.25, -0.2) is 0 Å². The first-order valence-corrected chi connectivity index (χ1v) is 8.14. The second-order valence-corrected chi connectivity index (χ2v) is 6.29. The van der Waals surface area contributed by atoms with Crippen molar-refractivity contribution in [2.45, 2.75) is 51.5 Å². The van der Waals surface area contributed by atoms with Gasteiger partial charge < -0.3 is 4.90 Å². The fourth-order valence-electron chi connectivity index (χ4n) is 2.55. The second-order valence-electron chi connectivity index (χ2n) is 5.30. The predicted molar refractivity (Wildman–Crippen MR) is 76.4 cm³/mol. The van der Waals surface area contributed by atoms with E-state index >= 15 is 0 Å². The molecule has 0 aromatic carbocycles. The van der Waals surface area contributed by atoms with Crippen molar-refractivity contribution in [3.05, 3.63) is 0 Å². The molecule has 0 N–H and O–H groups in total. The van der Waals surface area contributed by atoms with E-state index in [1.54, 1.807) is 16.7 Å². The van der Waals surface area contributed by atoms with Crippen LogP contribution < -0.4 is 0 Å². The van der Waals surface area contributed by atoms with E-state index in [9.17, 15) is 10.1 Å². The lowest BCUT2D eigenvalue weighted by atomic mass is 9.74. The van der Waals surface area contributed by atoms with Gasteiger partial charge in [0.05, 0.1) is 6.07 Å². The summed E-state index contributed by atoms with van der Waals surface area (Å²) in [5.74, 6) is 1.09. The summed E-state index contributed by atoms with van der Waals surface area (Å²) in [7, 11) is 1.85. The number of nitriles is 1. The number of amides is 1. The molecule has 1 atom stereocenters. The van der Waals surface area contributed by atoms with E-state index in [4.69, 9.17) is 0 Å². The molecule has 0 aromatic heterocycles. The Hall–Kier alpha value is -0.690. The Balaban J connectivity index is 2.68. The van der Waals surface area contributed by atoms with Crippen molar-refractivity contribution in [2.75, 3.05) is 19.1 Å². The molecular formula is C14H24N2OS. The third-order valence-corrected chi connectivity index (χ3v) is 4.70. The maximum Gasteiger partial charge on any atom is 0.243 e. The minimum absolute atomic E-state index is 0.0401. The lowest BCUT2D eigenvalue weighted by Crippen LogP contribution is -2.46. The molecule has 1 unspecified atom stereocenters. The molecule has 0 bridgehead atoms. The molecular weight excluding hydrogens is 244 g/mol. The second kappa shape index (κ2) is 7.04. The largest absolute Gasteiger partial charge is 0.342 e. The minimum Gasteiger partial charge on any atom is -0.342 e. The standard InChI is InChI=1S/C14H24N2OS/c1-12(7-10-18-3)16(2)13(17)14(11-15)8-5-4-6-9-14/h12H,4-10H2,1-3H3. The summed E-state index contributed by atoms with van der Waals surface area (Å²) < 4.78 is 0. The van der Waals surface area contributed by atoms with Crippen LogP contribution in [0.4, 0.5) is 0 Å². The Morgan fingerprint density at radius 1 is 1.44 bits per heavy atom. The van der Waals surface area contributed by atoms with Crippen LogP contribution in [0, 0.1) is 16.7 Å². The molecule has 1 aliphatic rings. The first-order valence-electron chi connectivity index (χ1n) is 6.75. The van der Waals surface area contributed by atoms with Crippen LogP contribution in [0.25, 0.3) is 0 Å². The van der Waals surface area contributed by atoms with E-state index in [1.165, 1.54) is 0 Å². The summed E-state index contributed by atoms with van der Waals surface area (Å²) in [5, 5.41) is 9.42. The number of nitrogens with zero attached hydrogens (tertiary/aromatic N) is 2. The van der Waals surface area contributed by atoms with Crippen molar-refractivity contribution in [3.8, 4) is 6.07 Å². The Morgan fingerprint density at radius 3 is 2.56 bits per heavy atom. The Bertz CT molecular complexity index is 318. The quantitative estimate of drug-likeness (QED) is 0.769. The molecule has 1 fully saturated rings. The minimum atomic E-state index is -0.735. The Labute approximate surface area is 115 Å². The highest BCUT2D eigenvalue weighted by atomic mass is 32.2. The first kappa shape index (κ1) is 15.4. The average molecular weight is 268 g/mol. The van der Waals surface area contributed by atoms with Gasteiger partial charge in [-0.1, -0.05) is 19.3 Å². The zero-order valence-corrected chi connectivity index (χ0v) is 12.6. The van der Waals surface area contributed by atoms with Gasteiger partial charge in [0, 0.05) is 13.1 Å². The van der Waals surface area contributed by atoms with Gasteiger partial charge in [0.15, 0.2) is 0 Å². The van der Waals surface area contributed by atoms with Gasteiger partial charge in [-0.3, -0.25) is 4.79 Å². The molecule has 1 rings (SSSR count). The summed E-state index contributed by atoms with van der Waals surface area (Å²) in [6.07, 6.45) is 7.71. The van der Waals surface area contributed by atoms with Crippen LogP contribution in [0.1, 0.15) is 45.4 Å². The van der Waals surface area contributed by atoms with Crippen LogP contribution >= 0.6 is 11.8 Å². The molecule has 0 radical (unpaired) electrons. The fraction of sp³-hybridized carbons (Fsp3) is 0.857. The molecule has 18 heavy (non-hydrogen) atoms. The van der Waals surface area contributed by atoms with Gasteiger partial charge >= 0.3 is 0 Å². The Kier molecular flexibility index (Phi) is 6.01. The van der Waals surface area contributed by atoms with Crippen LogP contribution in [0.3, 0.4) is 0 Å². The summed E-state index contributed by atoms with van der Waals surface area (Å²) in [5.41, 5.74) is -0.735. The van der Waals surface area contributed by atoms with Crippen molar-refractivity contribution < 1.29 is 4.79 Å². The van der Waals surface area contributed by atoms with E-state index in [0.29, 0.717) is 0 Å². The van der Waals surface area contributed by atoms with E-state index in [1.807, 2.05) is 7.05 Å². The number of carbonyl (C=O) groups excluding carboxylic acids is 1. The van der Waals surface area contributed by atoms with E-state index in [0.717, 1.165) is 44.3 Å². The number of hydrogen-bond acceptors (Lipinski definition) is 3. The van der Waals surface area contributed by atoms with Gasteiger partial charge in [-0.15, -0.1) is 0 Å². The third-order valence-electron chi connectivity index (χ3n) is 4.05. The highest BCUT2D eigenvalue weighted by Crippen LogP contribution is 2.37. The number of rotatable bonds is 5. The molecule has 1 saturated carbocycles. The highest BCUT2D eigenvalue weighted by molar-refractivity contribution is 7.98. The zero-order valence-electron chi connectivity index (χ0n) is 11.7. The first-order chi connectivity index (χ1) is 8.57. The van der Waals surface area contributed by atoms with Gasteiger partial charge in [0.1, 0.15) is 5.41 Å². The van der Waals surface area contributed by atoms with Crippen molar-refractivity contribution in [1.29, 1.82) is 5.26 Å². The number of hydrogen-bond donors (Lipinski definition) is 0. The maximum atomic E-state index is 12.6. The van der Waals surface area contributed by atoms with Crippen LogP contribution in [0.15, 0.2) is 0 Å². The van der Waals surface area contributed by atoms with Crippen molar-refractivity contribution in [2.24, 2.45) is 5.41 Å². The maximum absolute atomic E-state index is 12.6. The van der Waals surface area contributed by atoms with Crippen LogP contribution in [0.5, 0.6) is 0 Å². The smallest absolute Gasteiger partial charge is 0.243 e. The molecule has 4 heteroatoms. The van der Waals surface area contributed by atoms with E-state index in [-0.39, 0.29) is 11.9 Å². The molecule has 1 aliphatic carbocycles. The Morgan fingerprint density at radius 2 is 2.06 bits per heavy atom. The van der Waals surface area contributed by atoms with E-state index < -0.39 is 5.41 Å². The van der Waals surface area contributed by atoms with Crippen molar-refractivity contribution in [3.63, 3.8) is 0 Å². The van der Waals surface area contributed by atoms with Gasteiger partial charge in [0.2, 0.25) is 5.91 Å². The summed E-state index contributed by atoms with van der Waals surface area (Å²) >= 11 is 1.80. The van der Waals surface area contributed by atoms with Crippen LogP contribution in [-0.2, 0) is 4.79 Å². The SMILES string of the molecule is CSCCC(C)N(C)C(=O)C1(C#N)CCCCC1. The van der Waals surface area contributed by atoms with Crippen molar-refractivity contribution in [1.82, 2.24) is 4.90 Å². The van der Waals surface area contributed by atoms with Crippen LogP contribution in [-0.4, -0.2) is 35.9 Å². The predicted octanol–water partition coefficient (Wildman–Crippen LogP) is 3.06. The molecule has 3 nitrogen and oxygen atoms in total. The lowest BCUT2D eigenvalue weighted by Gasteiger charge is -2.35.